The van der Waals surface area contributed by atoms with Gasteiger partial charge in [-0.25, -0.2) is 0 Å². The lowest BCUT2D eigenvalue weighted by Crippen LogP contribution is -2.12. The first kappa shape index (κ1) is 37.7. The van der Waals surface area contributed by atoms with Crippen LogP contribution in [0.1, 0.15) is 0 Å². The second-order valence-corrected chi connectivity index (χ2v) is 16.0. The Morgan fingerprint density at radius 3 is 1.22 bits per heavy atom. The molecule has 0 N–H and O–H groups in total. The van der Waals surface area contributed by atoms with Crippen molar-refractivity contribution in [2.45, 2.75) is 0 Å². The lowest BCUT2D eigenvalue weighted by Gasteiger charge is -2.30. The van der Waals surface area contributed by atoms with E-state index in [-0.39, 0.29) is 0 Å². The van der Waals surface area contributed by atoms with Crippen LogP contribution in [0.2, 0.25) is 0 Å². The molecule has 0 saturated heterocycles. The monoisotopic (exact) mass is 801 g/mol. The summed E-state index contributed by atoms with van der Waals surface area (Å²) in [5.41, 5.74) is 17.5. The van der Waals surface area contributed by atoms with Gasteiger partial charge in [-0.15, -0.1) is 0 Å². The molecular weight excluding hydrogens is 759 g/mol. The van der Waals surface area contributed by atoms with Crippen LogP contribution in [0.15, 0.2) is 261 Å². The smallest absolute Gasteiger partial charge is 0.0546 e. The second kappa shape index (κ2) is 16.7. The summed E-state index contributed by atoms with van der Waals surface area (Å²) in [5.74, 6) is 0. The quantitative estimate of drug-likeness (QED) is 0.131. The van der Waals surface area contributed by atoms with Gasteiger partial charge in [0, 0.05) is 16.9 Å². The third kappa shape index (κ3) is 7.26. The van der Waals surface area contributed by atoms with Gasteiger partial charge in [0.05, 0.1) is 5.69 Å². The molecule has 0 spiro atoms. The number of rotatable bonds is 9. The third-order valence-electron chi connectivity index (χ3n) is 12.3. The lowest BCUT2D eigenvalue weighted by molar-refractivity contribution is 1.28. The van der Waals surface area contributed by atoms with Crippen LogP contribution in [0.5, 0.6) is 0 Å². The molecule has 0 radical (unpaired) electrons. The fourth-order valence-corrected chi connectivity index (χ4v) is 9.24. The van der Waals surface area contributed by atoms with Gasteiger partial charge < -0.3 is 4.90 Å². The molecule has 11 aromatic carbocycles. The lowest BCUT2D eigenvalue weighted by atomic mass is 9.87. The molecule has 0 aliphatic rings. The summed E-state index contributed by atoms with van der Waals surface area (Å²) in [6.45, 7) is 0. The zero-order valence-corrected chi connectivity index (χ0v) is 34.8. The minimum absolute atomic E-state index is 1.08. The molecule has 63 heavy (non-hydrogen) atoms. The van der Waals surface area contributed by atoms with Crippen molar-refractivity contribution in [3.63, 3.8) is 0 Å². The largest absolute Gasteiger partial charge is 0.310 e. The van der Waals surface area contributed by atoms with Crippen LogP contribution in [0, 0.1) is 0 Å². The van der Waals surface area contributed by atoms with Gasteiger partial charge in [0.2, 0.25) is 0 Å². The van der Waals surface area contributed by atoms with Gasteiger partial charge in [0.15, 0.2) is 0 Å². The Balaban J connectivity index is 1.09. The Kier molecular flexibility index (Phi) is 9.97. The number of hydrogen-bond donors (Lipinski definition) is 0. The second-order valence-electron chi connectivity index (χ2n) is 16.0. The van der Waals surface area contributed by atoms with E-state index in [4.69, 9.17) is 0 Å². The summed E-state index contributed by atoms with van der Waals surface area (Å²) in [6.07, 6.45) is 0. The molecule has 1 nitrogen and oxygen atoms in total. The van der Waals surface area contributed by atoms with Gasteiger partial charge in [-0.3, -0.25) is 0 Å². The zero-order chi connectivity index (χ0) is 42.0. The summed E-state index contributed by atoms with van der Waals surface area (Å²) in [7, 11) is 0. The molecule has 0 unspecified atom stereocenters. The van der Waals surface area contributed by atoms with Crippen LogP contribution < -0.4 is 4.90 Å². The van der Waals surface area contributed by atoms with E-state index in [1.54, 1.807) is 0 Å². The van der Waals surface area contributed by atoms with E-state index in [9.17, 15) is 0 Å². The highest BCUT2D eigenvalue weighted by atomic mass is 15.1. The summed E-state index contributed by atoms with van der Waals surface area (Å²) in [5, 5.41) is 5.04. The number of anilines is 3. The molecule has 1 heteroatoms. The standard InChI is InChI=1S/C62H43N/c1-4-17-44(18-5-1)45-31-33-46(34-32-45)47-35-39-52(40-36-47)63(53-41-37-50(38-42-53)60-43-51-23-10-11-25-55(51)57-26-13-14-27-58(57)60)61-30-16-29-56(49-21-8-3-9-22-49)62(61)59-28-15-12-24-54(59)48-19-6-2-7-20-48/h1-43H. The van der Waals surface area contributed by atoms with Gasteiger partial charge >= 0.3 is 0 Å². The van der Waals surface area contributed by atoms with Gasteiger partial charge in [0.25, 0.3) is 0 Å². The van der Waals surface area contributed by atoms with Gasteiger partial charge in [-0.05, 0) is 119 Å². The normalized spacial score (nSPS) is 11.2. The zero-order valence-electron chi connectivity index (χ0n) is 34.8. The highest BCUT2D eigenvalue weighted by molar-refractivity contribution is 6.14. The Morgan fingerprint density at radius 2 is 0.619 bits per heavy atom. The van der Waals surface area contributed by atoms with Crippen molar-refractivity contribution in [3.05, 3.63) is 261 Å². The molecule has 0 aliphatic heterocycles. The van der Waals surface area contributed by atoms with Crippen LogP contribution in [0.3, 0.4) is 0 Å². The van der Waals surface area contributed by atoms with Gasteiger partial charge in [-0.2, -0.15) is 0 Å². The Labute approximate surface area is 369 Å². The van der Waals surface area contributed by atoms with E-state index < -0.39 is 0 Å². The molecule has 0 aliphatic carbocycles. The van der Waals surface area contributed by atoms with E-state index >= 15 is 0 Å². The topological polar surface area (TPSA) is 3.24 Å². The number of fused-ring (bicyclic) bond motifs is 3. The summed E-state index contributed by atoms with van der Waals surface area (Å²) in [6, 6.07) is 94.7. The molecular formula is C62H43N. The molecule has 0 bridgehead atoms. The van der Waals surface area contributed by atoms with Crippen molar-refractivity contribution >= 4 is 38.6 Å². The molecule has 0 heterocycles. The first-order valence-electron chi connectivity index (χ1n) is 21.7. The molecule has 0 saturated carbocycles. The minimum Gasteiger partial charge on any atom is -0.310 e. The maximum atomic E-state index is 2.44. The predicted octanol–water partition coefficient (Wildman–Crippen LogP) is 17.5. The minimum atomic E-state index is 1.08. The molecule has 0 fully saturated rings. The summed E-state index contributed by atoms with van der Waals surface area (Å²) in [4.78, 5) is 2.44. The Hall–Kier alpha value is -8.26. The van der Waals surface area contributed by atoms with E-state index in [2.05, 4.69) is 266 Å². The fraction of sp³-hybridized carbons (Fsp3) is 0. The van der Waals surface area contributed by atoms with E-state index in [1.807, 2.05) is 0 Å². The van der Waals surface area contributed by atoms with Crippen molar-refractivity contribution in [1.82, 2.24) is 0 Å². The third-order valence-corrected chi connectivity index (χ3v) is 12.3. The van der Waals surface area contributed by atoms with E-state index in [0.29, 0.717) is 0 Å². The Morgan fingerprint density at radius 1 is 0.222 bits per heavy atom. The highest BCUT2D eigenvalue weighted by Crippen LogP contribution is 2.48. The molecule has 0 aromatic heterocycles. The number of benzene rings is 11. The van der Waals surface area contributed by atoms with Crippen LogP contribution in [0.4, 0.5) is 17.1 Å². The fourth-order valence-electron chi connectivity index (χ4n) is 9.24. The molecule has 296 valence electrons. The number of nitrogens with zero attached hydrogens (tertiary/aromatic N) is 1. The van der Waals surface area contributed by atoms with Crippen molar-refractivity contribution in [1.29, 1.82) is 0 Å². The SMILES string of the molecule is c1ccc(-c2ccc(-c3ccc(N(c4ccc(-c5cc6ccccc6c6ccccc56)cc4)c4cccc(-c5ccccc5)c4-c4ccccc4-c4ccccc4)cc3)cc2)cc1. The van der Waals surface area contributed by atoms with Crippen LogP contribution in [-0.4, -0.2) is 0 Å². The number of hydrogen-bond acceptors (Lipinski definition) is 1. The van der Waals surface area contributed by atoms with Crippen molar-refractivity contribution in [3.8, 4) is 66.8 Å². The first-order chi connectivity index (χ1) is 31.3. The van der Waals surface area contributed by atoms with Crippen LogP contribution in [0.25, 0.3) is 88.3 Å². The summed E-state index contributed by atoms with van der Waals surface area (Å²) >= 11 is 0. The highest BCUT2D eigenvalue weighted by Gasteiger charge is 2.23. The van der Waals surface area contributed by atoms with Crippen molar-refractivity contribution in [2.24, 2.45) is 0 Å². The van der Waals surface area contributed by atoms with Crippen molar-refractivity contribution < 1.29 is 0 Å². The maximum Gasteiger partial charge on any atom is 0.0546 e. The molecule has 11 rings (SSSR count). The predicted molar refractivity (Wildman–Crippen MR) is 269 cm³/mol. The first-order valence-corrected chi connectivity index (χ1v) is 21.7. The molecule has 0 atom stereocenters. The summed E-state index contributed by atoms with van der Waals surface area (Å²) < 4.78 is 0. The van der Waals surface area contributed by atoms with Crippen LogP contribution >= 0.6 is 0 Å². The van der Waals surface area contributed by atoms with Gasteiger partial charge in [-0.1, -0.05) is 224 Å². The maximum absolute atomic E-state index is 2.44. The molecule has 0 amide bonds. The average molecular weight is 802 g/mol. The van der Waals surface area contributed by atoms with E-state index in [1.165, 1.54) is 88.3 Å². The van der Waals surface area contributed by atoms with Crippen molar-refractivity contribution in [2.75, 3.05) is 4.90 Å². The average Bonchev–Trinajstić information content (AvgIpc) is 3.37. The van der Waals surface area contributed by atoms with Crippen LogP contribution in [-0.2, 0) is 0 Å². The van der Waals surface area contributed by atoms with Gasteiger partial charge in [0.1, 0.15) is 0 Å². The molecule has 11 aromatic rings. The van der Waals surface area contributed by atoms with E-state index in [0.717, 1.165) is 17.1 Å². The Bertz CT molecular complexity index is 3340.